The first-order valence-corrected chi connectivity index (χ1v) is 12.8. The number of phosphoric acid groups is 1. The molecule has 0 radical (unpaired) electrons. The van der Waals surface area contributed by atoms with Crippen molar-refractivity contribution in [2.75, 3.05) is 40.9 Å². The van der Waals surface area contributed by atoms with Gasteiger partial charge in [-0.3, -0.25) is 13.8 Å². The minimum Gasteiger partial charge on any atom is -0.387 e. The van der Waals surface area contributed by atoms with E-state index < -0.39 is 20.0 Å². The van der Waals surface area contributed by atoms with Crippen LogP contribution in [0.4, 0.5) is 0 Å². The SMILES string of the molecule is CCC/C=C/CC/C=C/CC/C=C/C(O)C(COP(=O)(O)OCC[N+](C)(C)C)NC(C)=O. The van der Waals surface area contributed by atoms with Crippen LogP contribution in [0.25, 0.3) is 0 Å². The largest absolute Gasteiger partial charge is 0.472 e. The molecule has 0 rings (SSSR count). The molecule has 0 fully saturated rings. The molecule has 3 N–H and O–H groups in total. The summed E-state index contributed by atoms with van der Waals surface area (Å²) in [5.41, 5.74) is 0. The Morgan fingerprint density at radius 1 is 1.00 bits per heavy atom. The molecule has 0 bridgehead atoms. The minimum atomic E-state index is -4.28. The van der Waals surface area contributed by atoms with E-state index in [1.807, 2.05) is 27.2 Å². The topological polar surface area (TPSA) is 105 Å². The van der Waals surface area contributed by atoms with Crippen LogP contribution in [0.3, 0.4) is 0 Å². The summed E-state index contributed by atoms with van der Waals surface area (Å²) < 4.78 is 22.6. The first-order chi connectivity index (χ1) is 15.0. The van der Waals surface area contributed by atoms with Crippen LogP contribution in [0.1, 0.15) is 52.4 Å². The number of hydrogen-bond donors (Lipinski definition) is 3. The van der Waals surface area contributed by atoms with Crippen LogP contribution >= 0.6 is 7.82 Å². The molecule has 0 spiro atoms. The van der Waals surface area contributed by atoms with Crippen LogP contribution in [0.2, 0.25) is 0 Å². The second-order valence-corrected chi connectivity index (χ2v) is 10.2. The average molecular weight is 476 g/mol. The summed E-state index contributed by atoms with van der Waals surface area (Å²) in [4.78, 5) is 21.3. The van der Waals surface area contributed by atoms with Gasteiger partial charge >= 0.3 is 7.82 Å². The van der Waals surface area contributed by atoms with Gasteiger partial charge in [-0.05, 0) is 32.1 Å². The molecule has 0 saturated heterocycles. The molecular formula is C23H44N2O6P+. The molecule has 1 amide bonds. The molecule has 0 aliphatic carbocycles. The predicted molar refractivity (Wildman–Crippen MR) is 129 cm³/mol. The highest BCUT2D eigenvalue weighted by molar-refractivity contribution is 7.47. The Hall–Kier alpha value is -1.28. The van der Waals surface area contributed by atoms with E-state index in [9.17, 15) is 19.4 Å². The first kappa shape index (κ1) is 30.7. The van der Waals surface area contributed by atoms with Crippen molar-refractivity contribution in [3.05, 3.63) is 36.5 Å². The van der Waals surface area contributed by atoms with Crippen molar-refractivity contribution in [2.24, 2.45) is 0 Å². The number of quaternary nitrogens is 1. The highest BCUT2D eigenvalue weighted by Crippen LogP contribution is 2.43. The van der Waals surface area contributed by atoms with Crippen molar-refractivity contribution < 1.29 is 32.9 Å². The number of carbonyl (C=O) groups excluding carboxylic acids is 1. The maximum atomic E-state index is 12.1. The molecule has 186 valence electrons. The number of aliphatic hydroxyl groups excluding tert-OH is 1. The van der Waals surface area contributed by atoms with Crippen LogP contribution in [-0.2, 0) is 18.4 Å². The summed E-state index contributed by atoms with van der Waals surface area (Å²) in [6, 6.07) is -0.864. The summed E-state index contributed by atoms with van der Waals surface area (Å²) in [6.45, 7) is 3.69. The van der Waals surface area contributed by atoms with Crippen LogP contribution in [-0.4, -0.2) is 73.4 Å². The molecule has 32 heavy (non-hydrogen) atoms. The number of nitrogens with one attached hydrogen (secondary N) is 1. The summed E-state index contributed by atoms with van der Waals surface area (Å²) in [6.07, 6.45) is 16.9. The molecule has 9 heteroatoms. The lowest BCUT2D eigenvalue weighted by molar-refractivity contribution is -0.870. The number of carbonyl (C=O) groups is 1. The number of likely N-dealkylation sites (N-methyl/N-ethyl adjacent to an activating group) is 1. The Bertz CT molecular complexity index is 643. The molecule has 0 aromatic heterocycles. The summed E-state index contributed by atoms with van der Waals surface area (Å²) in [5.74, 6) is -0.374. The highest BCUT2D eigenvalue weighted by Gasteiger charge is 2.27. The zero-order valence-electron chi connectivity index (χ0n) is 20.4. The van der Waals surface area contributed by atoms with Gasteiger partial charge in [0.2, 0.25) is 5.91 Å². The minimum absolute atomic E-state index is 0.0487. The van der Waals surface area contributed by atoms with E-state index in [4.69, 9.17) is 9.05 Å². The lowest BCUT2D eigenvalue weighted by Gasteiger charge is -2.25. The van der Waals surface area contributed by atoms with E-state index >= 15 is 0 Å². The highest BCUT2D eigenvalue weighted by atomic mass is 31.2. The molecule has 8 nitrogen and oxygen atoms in total. The average Bonchev–Trinajstić information content (AvgIpc) is 2.67. The smallest absolute Gasteiger partial charge is 0.387 e. The number of unbranched alkanes of at least 4 members (excludes halogenated alkanes) is 3. The monoisotopic (exact) mass is 475 g/mol. The number of aliphatic hydroxyl groups is 1. The Balaban J connectivity index is 4.42. The first-order valence-electron chi connectivity index (χ1n) is 11.3. The molecule has 0 saturated carbocycles. The third kappa shape index (κ3) is 19.4. The predicted octanol–water partition coefficient (Wildman–Crippen LogP) is 3.72. The van der Waals surface area contributed by atoms with Crippen LogP contribution in [0, 0.1) is 0 Å². The molecule has 3 unspecified atom stereocenters. The normalized spacial score (nSPS) is 16.6. The van der Waals surface area contributed by atoms with Crippen LogP contribution < -0.4 is 5.32 Å². The fourth-order valence-electron chi connectivity index (χ4n) is 2.52. The van der Waals surface area contributed by atoms with E-state index in [0.29, 0.717) is 11.0 Å². The van der Waals surface area contributed by atoms with E-state index in [-0.39, 0.29) is 19.1 Å². The molecule has 0 heterocycles. The number of allylic oxidation sites excluding steroid dienone is 5. The van der Waals surface area contributed by atoms with Crippen molar-refractivity contribution in [1.29, 1.82) is 0 Å². The number of hydrogen-bond acceptors (Lipinski definition) is 5. The third-order valence-corrected chi connectivity index (χ3v) is 5.34. The van der Waals surface area contributed by atoms with Crippen molar-refractivity contribution in [2.45, 2.75) is 64.5 Å². The number of rotatable bonds is 18. The van der Waals surface area contributed by atoms with E-state index in [0.717, 1.165) is 32.1 Å². The quantitative estimate of drug-likeness (QED) is 0.121. The van der Waals surface area contributed by atoms with Gasteiger partial charge in [0, 0.05) is 6.92 Å². The van der Waals surface area contributed by atoms with Gasteiger partial charge in [0.15, 0.2) is 0 Å². The maximum Gasteiger partial charge on any atom is 0.472 e. The van der Waals surface area contributed by atoms with Gasteiger partial charge < -0.3 is 19.8 Å². The molecule has 0 aromatic rings. The Morgan fingerprint density at radius 2 is 1.53 bits per heavy atom. The summed E-state index contributed by atoms with van der Waals surface area (Å²) in [7, 11) is 1.52. The van der Waals surface area contributed by atoms with Crippen molar-refractivity contribution in [3.63, 3.8) is 0 Å². The van der Waals surface area contributed by atoms with Gasteiger partial charge in [0.25, 0.3) is 0 Å². The Morgan fingerprint density at radius 3 is 2.03 bits per heavy atom. The molecular weight excluding hydrogens is 431 g/mol. The second kappa shape index (κ2) is 17.2. The summed E-state index contributed by atoms with van der Waals surface area (Å²) >= 11 is 0. The Labute approximate surface area is 194 Å². The van der Waals surface area contributed by atoms with Gasteiger partial charge in [0.05, 0.1) is 39.9 Å². The zero-order chi connectivity index (χ0) is 24.5. The summed E-state index contributed by atoms with van der Waals surface area (Å²) in [5, 5.41) is 12.9. The standard InChI is InChI=1S/C23H43N2O6P/c1-6-7-8-9-10-11-12-13-14-15-16-17-23(27)22(24-21(2)26)20-31-32(28,29)30-19-18-25(3,4)5/h8-9,12-13,16-17,22-23,27H,6-7,10-11,14-15,18-20H2,1-5H3,(H-,24,26,28,29)/p+1/b9-8+,13-12+,17-16+. The van der Waals surface area contributed by atoms with Gasteiger partial charge in [-0.2, -0.15) is 0 Å². The number of nitrogens with zero attached hydrogens (tertiary/aromatic N) is 1. The van der Waals surface area contributed by atoms with Crippen LogP contribution in [0.15, 0.2) is 36.5 Å². The van der Waals surface area contributed by atoms with E-state index in [2.05, 4.69) is 36.5 Å². The van der Waals surface area contributed by atoms with Gasteiger partial charge in [-0.15, -0.1) is 0 Å². The number of amides is 1. The fraction of sp³-hybridized carbons (Fsp3) is 0.696. The van der Waals surface area contributed by atoms with Crippen molar-refractivity contribution >= 4 is 13.7 Å². The molecule has 0 aliphatic heterocycles. The fourth-order valence-corrected chi connectivity index (χ4v) is 3.26. The lowest BCUT2D eigenvalue weighted by atomic mass is 10.1. The van der Waals surface area contributed by atoms with Crippen molar-refractivity contribution in [1.82, 2.24) is 5.32 Å². The number of phosphoric ester groups is 1. The Kier molecular flexibility index (Phi) is 16.5. The van der Waals surface area contributed by atoms with Gasteiger partial charge in [-0.1, -0.05) is 49.8 Å². The van der Waals surface area contributed by atoms with Crippen LogP contribution in [0.5, 0.6) is 0 Å². The third-order valence-electron chi connectivity index (χ3n) is 4.36. The van der Waals surface area contributed by atoms with E-state index in [1.165, 1.54) is 13.3 Å². The maximum absolute atomic E-state index is 12.1. The zero-order valence-corrected chi connectivity index (χ0v) is 21.3. The second-order valence-electron chi connectivity index (χ2n) is 8.72. The molecule has 3 atom stereocenters. The molecule has 0 aliphatic rings. The van der Waals surface area contributed by atoms with Gasteiger partial charge in [0.1, 0.15) is 13.2 Å². The lowest BCUT2D eigenvalue weighted by Crippen LogP contribution is -2.44. The van der Waals surface area contributed by atoms with Crippen molar-refractivity contribution in [3.8, 4) is 0 Å². The molecule has 0 aromatic carbocycles. The van der Waals surface area contributed by atoms with E-state index in [1.54, 1.807) is 6.08 Å². The van der Waals surface area contributed by atoms with Gasteiger partial charge in [-0.25, -0.2) is 4.57 Å².